The van der Waals surface area contributed by atoms with Crippen LogP contribution in [0.25, 0.3) is 11.4 Å². The van der Waals surface area contributed by atoms with Crippen LogP contribution in [0.15, 0.2) is 29.4 Å². The molecule has 0 unspecified atom stereocenters. The predicted octanol–water partition coefficient (Wildman–Crippen LogP) is 3.74. The molecule has 144 valence electrons. The van der Waals surface area contributed by atoms with E-state index in [-0.39, 0.29) is 11.4 Å². The summed E-state index contributed by atoms with van der Waals surface area (Å²) in [5.74, 6) is 1.97. The first-order valence-electron chi connectivity index (χ1n) is 9.63. The van der Waals surface area contributed by atoms with E-state index in [1.807, 2.05) is 24.3 Å². The third-order valence-corrected chi connectivity index (χ3v) is 6.52. The lowest BCUT2D eigenvalue weighted by Crippen LogP contribution is -2.23. The fraction of sp³-hybridized carbons (Fsp3) is 0.550. The van der Waals surface area contributed by atoms with Gasteiger partial charge in [-0.15, -0.1) is 10.2 Å². The van der Waals surface area contributed by atoms with Gasteiger partial charge in [0.15, 0.2) is 11.0 Å². The number of ketones is 1. The second kappa shape index (κ2) is 8.44. The fourth-order valence-electron chi connectivity index (χ4n) is 3.69. The lowest BCUT2D eigenvalue weighted by Gasteiger charge is -2.20. The highest BCUT2D eigenvalue weighted by molar-refractivity contribution is 8.00. The van der Waals surface area contributed by atoms with Crippen molar-refractivity contribution in [3.05, 3.63) is 24.3 Å². The fourth-order valence-corrected chi connectivity index (χ4v) is 4.85. The molecule has 1 saturated heterocycles. The first-order valence-corrected chi connectivity index (χ1v) is 10.5. The molecule has 1 aliphatic carbocycles. The number of Topliss-reactive ketones (excluding diaryl/α,β-unsaturated/α-hetero) is 1. The Hall–Kier alpha value is -1.86. The summed E-state index contributed by atoms with van der Waals surface area (Å²) in [6, 6.07) is 7.85. The van der Waals surface area contributed by atoms with Gasteiger partial charge in [0.25, 0.3) is 0 Å². The van der Waals surface area contributed by atoms with Crippen molar-refractivity contribution in [3.63, 3.8) is 0 Å². The van der Waals surface area contributed by atoms with E-state index in [2.05, 4.69) is 14.8 Å². The summed E-state index contributed by atoms with van der Waals surface area (Å²) in [6.07, 6.45) is 6.04. The summed E-state index contributed by atoms with van der Waals surface area (Å²) < 4.78 is 13.2. The van der Waals surface area contributed by atoms with E-state index in [1.165, 1.54) is 0 Å². The smallest absolute Gasteiger partial charge is 0.192 e. The highest BCUT2D eigenvalue weighted by atomic mass is 32.2. The van der Waals surface area contributed by atoms with E-state index >= 15 is 0 Å². The normalized spacial score (nSPS) is 22.9. The third kappa shape index (κ3) is 4.19. The first kappa shape index (κ1) is 18.5. The van der Waals surface area contributed by atoms with Gasteiger partial charge in [0, 0.05) is 18.6 Å². The SMILES string of the molecule is COc1ccc(-c2nnc(S[C@@H]3CCCCC3=O)n2C[C@H]2CCCO2)cc1. The van der Waals surface area contributed by atoms with Gasteiger partial charge in [-0.2, -0.15) is 0 Å². The van der Waals surface area contributed by atoms with Gasteiger partial charge in [0.2, 0.25) is 0 Å². The summed E-state index contributed by atoms with van der Waals surface area (Å²) in [5, 5.41) is 9.71. The molecule has 0 radical (unpaired) electrons. The van der Waals surface area contributed by atoms with Gasteiger partial charge in [-0.25, -0.2) is 0 Å². The molecular formula is C20H25N3O3S. The van der Waals surface area contributed by atoms with Crippen molar-refractivity contribution in [3.8, 4) is 17.1 Å². The topological polar surface area (TPSA) is 66.2 Å². The quantitative estimate of drug-likeness (QED) is 0.752. The Kier molecular flexibility index (Phi) is 5.78. The minimum atomic E-state index is -0.00471. The number of thioether (sulfide) groups is 1. The number of aromatic nitrogens is 3. The summed E-state index contributed by atoms with van der Waals surface area (Å²) in [6.45, 7) is 1.53. The number of carbonyl (C=O) groups is 1. The number of carbonyl (C=O) groups excluding carboxylic acids is 1. The number of ether oxygens (including phenoxy) is 2. The maximum atomic E-state index is 12.3. The number of hydrogen-bond donors (Lipinski definition) is 0. The molecule has 27 heavy (non-hydrogen) atoms. The number of methoxy groups -OCH3 is 1. The lowest BCUT2D eigenvalue weighted by atomic mass is 9.99. The maximum Gasteiger partial charge on any atom is 0.192 e. The van der Waals surface area contributed by atoms with Crippen molar-refractivity contribution in [1.29, 1.82) is 0 Å². The Morgan fingerprint density at radius 2 is 2.04 bits per heavy atom. The van der Waals surface area contributed by atoms with E-state index in [4.69, 9.17) is 9.47 Å². The number of hydrogen-bond acceptors (Lipinski definition) is 6. The highest BCUT2D eigenvalue weighted by Crippen LogP contribution is 2.33. The third-order valence-electron chi connectivity index (χ3n) is 5.22. The zero-order valence-electron chi connectivity index (χ0n) is 15.6. The average Bonchev–Trinajstić information content (AvgIpc) is 3.35. The molecule has 6 nitrogen and oxygen atoms in total. The highest BCUT2D eigenvalue weighted by Gasteiger charge is 2.28. The molecule has 1 aromatic carbocycles. The number of rotatable bonds is 6. The van der Waals surface area contributed by atoms with Gasteiger partial charge in [0.1, 0.15) is 11.5 Å². The van der Waals surface area contributed by atoms with Crippen LogP contribution < -0.4 is 4.74 Å². The summed E-state index contributed by atoms with van der Waals surface area (Å²) in [4.78, 5) is 12.3. The lowest BCUT2D eigenvalue weighted by molar-refractivity contribution is -0.119. The van der Waals surface area contributed by atoms with Crippen molar-refractivity contribution in [2.45, 2.75) is 61.6 Å². The van der Waals surface area contributed by atoms with Gasteiger partial charge in [-0.1, -0.05) is 18.2 Å². The van der Waals surface area contributed by atoms with Crippen LogP contribution in [0.3, 0.4) is 0 Å². The van der Waals surface area contributed by atoms with Crippen LogP contribution in [0.5, 0.6) is 5.75 Å². The number of benzene rings is 1. The van der Waals surface area contributed by atoms with Crippen molar-refractivity contribution in [2.75, 3.05) is 13.7 Å². The van der Waals surface area contributed by atoms with Crippen LogP contribution in [-0.2, 0) is 16.1 Å². The molecule has 0 amide bonds. The average molecular weight is 388 g/mol. The summed E-state index contributed by atoms with van der Waals surface area (Å²) in [7, 11) is 1.66. The van der Waals surface area contributed by atoms with E-state index in [0.29, 0.717) is 12.2 Å². The monoisotopic (exact) mass is 387 g/mol. The molecule has 1 aromatic heterocycles. The van der Waals surface area contributed by atoms with Crippen molar-refractivity contribution < 1.29 is 14.3 Å². The van der Waals surface area contributed by atoms with Crippen LogP contribution in [0.4, 0.5) is 0 Å². The van der Waals surface area contributed by atoms with Crippen molar-refractivity contribution in [2.24, 2.45) is 0 Å². The largest absolute Gasteiger partial charge is 0.497 e. The Morgan fingerprint density at radius 1 is 1.19 bits per heavy atom. The zero-order valence-corrected chi connectivity index (χ0v) is 16.4. The standard InChI is InChI=1S/C20H25N3O3S/c1-25-15-10-8-14(9-11-15)19-21-22-20(23(19)13-16-5-4-12-26-16)27-18-7-3-2-6-17(18)24/h8-11,16,18H,2-7,12-13H2,1H3/t16-,18-/m1/s1. The predicted molar refractivity (Wildman–Crippen MR) is 104 cm³/mol. The summed E-state index contributed by atoms with van der Waals surface area (Å²) >= 11 is 1.57. The van der Waals surface area contributed by atoms with Gasteiger partial charge in [0.05, 0.1) is 25.0 Å². The van der Waals surface area contributed by atoms with Crippen LogP contribution in [-0.4, -0.2) is 45.6 Å². The second-order valence-corrected chi connectivity index (χ2v) is 8.27. The molecule has 1 aliphatic heterocycles. The molecular weight excluding hydrogens is 362 g/mol. The Balaban J connectivity index is 1.63. The van der Waals surface area contributed by atoms with Crippen molar-refractivity contribution in [1.82, 2.24) is 14.8 Å². The van der Waals surface area contributed by atoms with E-state index in [0.717, 1.165) is 67.5 Å². The maximum absolute atomic E-state index is 12.3. The molecule has 2 heterocycles. The Labute approximate surface area is 163 Å². The van der Waals surface area contributed by atoms with Gasteiger partial charge >= 0.3 is 0 Å². The molecule has 0 N–H and O–H groups in total. The first-order chi connectivity index (χ1) is 13.2. The molecule has 2 aliphatic rings. The van der Waals surface area contributed by atoms with Gasteiger partial charge in [-0.05, 0) is 49.9 Å². The molecule has 2 aromatic rings. The van der Waals surface area contributed by atoms with Crippen LogP contribution in [0, 0.1) is 0 Å². The molecule has 0 spiro atoms. The molecule has 2 atom stereocenters. The second-order valence-electron chi connectivity index (χ2n) is 7.10. The van der Waals surface area contributed by atoms with Crippen LogP contribution in [0.2, 0.25) is 0 Å². The van der Waals surface area contributed by atoms with Crippen molar-refractivity contribution >= 4 is 17.5 Å². The van der Waals surface area contributed by atoms with E-state index < -0.39 is 0 Å². The minimum Gasteiger partial charge on any atom is -0.497 e. The zero-order chi connectivity index (χ0) is 18.6. The molecule has 2 fully saturated rings. The van der Waals surface area contributed by atoms with E-state index in [1.54, 1.807) is 18.9 Å². The molecule has 1 saturated carbocycles. The summed E-state index contributed by atoms with van der Waals surface area (Å²) in [5.41, 5.74) is 0.989. The Morgan fingerprint density at radius 3 is 2.74 bits per heavy atom. The van der Waals surface area contributed by atoms with Gasteiger partial charge in [-0.3, -0.25) is 9.36 Å². The van der Waals surface area contributed by atoms with Crippen LogP contribution >= 0.6 is 11.8 Å². The Bertz CT molecular complexity index is 784. The molecule has 7 heteroatoms. The minimum absolute atomic E-state index is 0.00471. The van der Waals surface area contributed by atoms with E-state index in [9.17, 15) is 4.79 Å². The number of nitrogens with zero attached hydrogens (tertiary/aromatic N) is 3. The van der Waals surface area contributed by atoms with Crippen LogP contribution in [0.1, 0.15) is 38.5 Å². The molecule has 4 rings (SSSR count). The molecule has 0 bridgehead atoms. The van der Waals surface area contributed by atoms with Gasteiger partial charge < -0.3 is 9.47 Å².